The van der Waals surface area contributed by atoms with Gasteiger partial charge in [0.05, 0.1) is 6.20 Å². The van der Waals surface area contributed by atoms with Crippen LogP contribution in [0.3, 0.4) is 0 Å². The fraction of sp³-hybridized carbons (Fsp3) is 0.0667. The van der Waals surface area contributed by atoms with Crippen LogP contribution in [-0.4, -0.2) is 21.2 Å². The second-order valence-electron chi connectivity index (χ2n) is 4.61. The lowest BCUT2D eigenvalue weighted by Crippen LogP contribution is -2.16. The number of hydrogen-bond acceptors (Lipinski definition) is 4. The number of rotatable bonds is 0. The zero-order chi connectivity index (χ0) is 12.8. The summed E-state index contributed by atoms with van der Waals surface area (Å²) in [5.74, 6) is 0.00810. The molecule has 4 rings (SSSR count). The summed E-state index contributed by atoms with van der Waals surface area (Å²) in [6.07, 6.45) is 2.00. The van der Waals surface area contributed by atoms with Gasteiger partial charge in [0.1, 0.15) is 5.69 Å². The van der Waals surface area contributed by atoms with Gasteiger partial charge in [-0.05, 0) is 27.1 Å². The second kappa shape index (κ2) is 3.68. The van der Waals surface area contributed by atoms with Crippen molar-refractivity contribution < 1.29 is 4.79 Å². The van der Waals surface area contributed by atoms with Crippen molar-refractivity contribution in [3.05, 3.63) is 53.9 Å². The number of ketones is 1. The molecular weight excluding hydrogens is 238 g/mol. The van der Waals surface area contributed by atoms with Gasteiger partial charge in [-0.3, -0.25) is 4.79 Å². The molecule has 1 aliphatic carbocycles. The van der Waals surface area contributed by atoms with E-state index in [4.69, 9.17) is 0 Å². The van der Waals surface area contributed by atoms with E-state index in [9.17, 15) is 4.79 Å². The first-order valence-corrected chi connectivity index (χ1v) is 6.07. The third kappa shape index (κ3) is 1.40. The third-order valence-electron chi connectivity index (χ3n) is 3.57. The molecule has 0 fully saturated rings. The minimum absolute atomic E-state index is 0.00810. The van der Waals surface area contributed by atoms with Gasteiger partial charge in [0.15, 0.2) is 5.78 Å². The highest BCUT2D eigenvalue weighted by Crippen LogP contribution is 2.35. The predicted molar refractivity (Wildman–Crippen MR) is 70.8 cm³/mol. The average molecular weight is 247 g/mol. The van der Waals surface area contributed by atoms with Gasteiger partial charge in [-0.25, -0.2) is 0 Å². The van der Waals surface area contributed by atoms with E-state index in [1.54, 1.807) is 6.20 Å². The highest BCUT2D eigenvalue weighted by Gasteiger charge is 2.25. The Hall–Kier alpha value is -2.62. The highest BCUT2D eigenvalue weighted by molar-refractivity contribution is 6.09. The van der Waals surface area contributed by atoms with Gasteiger partial charge in [-0.2, -0.15) is 0 Å². The summed E-state index contributed by atoms with van der Waals surface area (Å²) in [4.78, 5) is 12.2. The van der Waals surface area contributed by atoms with Crippen LogP contribution in [0.5, 0.6) is 0 Å². The van der Waals surface area contributed by atoms with Crippen molar-refractivity contribution in [2.24, 2.45) is 0 Å². The summed E-state index contributed by atoms with van der Waals surface area (Å²) in [5.41, 5.74) is 3.31. The number of nitrogens with zero attached hydrogens (tertiary/aromatic N) is 3. The van der Waals surface area contributed by atoms with Crippen molar-refractivity contribution >= 4 is 16.6 Å². The summed E-state index contributed by atoms with van der Waals surface area (Å²) in [7, 11) is 0. The molecule has 0 unspecified atom stereocenters. The summed E-state index contributed by atoms with van der Waals surface area (Å²) < 4.78 is 0. The van der Waals surface area contributed by atoms with E-state index < -0.39 is 0 Å². The molecule has 0 saturated heterocycles. The number of benzene rings is 2. The van der Waals surface area contributed by atoms with Crippen LogP contribution in [0.4, 0.5) is 0 Å². The maximum atomic E-state index is 12.2. The number of hydrogen-bond donors (Lipinski definition) is 0. The Balaban J connectivity index is 2.13. The van der Waals surface area contributed by atoms with Crippen LogP contribution in [0.15, 0.2) is 42.6 Å². The Morgan fingerprint density at radius 1 is 1.00 bits per heavy atom. The van der Waals surface area contributed by atoms with E-state index in [2.05, 4.69) is 33.6 Å². The molecule has 1 aliphatic rings. The summed E-state index contributed by atoms with van der Waals surface area (Å²) >= 11 is 0. The molecule has 0 saturated carbocycles. The van der Waals surface area contributed by atoms with Gasteiger partial charge in [-0.15, -0.1) is 10.2 Å². The van der Waals surface area contributed by atoms with Gasteiger partial charge < -0.3 is 0 Å². The molecule has 1 aromatic heterocycles. The zero-order valence-corrected chi connectivity index (χ0v) is 10.00. The molecule has 1 heterocycles. The number of Topliss-reactive ketones (excluding diaryl/α,β-unsaturated/α-hetero) is 1. The maximum absolute atomic E-state index is 12.2. The first kappa shape index (κ1) is 10.3. The van der Waals surface area contributed by atoms with Crippen molar-refractivity contribution in [3.8, 4) is 11.1 Å². The Morgan fingerprint density at radius 2 is 1.89 bits per heavy atom. The molecule has 3 aromatic rings. The molecule has 0 N–H and O–H groups in total. The van der Waals surface area contributed by atoms with E-state index in [1.165, 1.54) is 0 Å². The molecule has 0 aliphatic heterocycles. The van der Waals surface area contributed by atoms with Gasteiger partial charge in [-0.1, -0.05) is 36.4 Å². The normalized spacial score (nSPS) is 13.2. The molecule has 0 atom stereocenters. The molecular formula is C15H9N3O. The fourth-order valence-corrected chi connectivity index (χ4v) is 2.70. The molecule has 19 heavy (non-hydrogen) atoms. The first-order valence-electron chi connectivity index (χ1n) is 6.07. The van der Waals surface area contributed by atoms with E-state index in [0.717, 1.165) is 27.5 Å². The van der Waals surface area contributed by atoms with Crippen LogP contribution < -0.4 is 0 Å². The Labute approximate surface area is 109 Å². The number of fused-ring (bicyclic) bond motifs is 5. The summed E-state index contributed by atoms with van der Waals surface area (Å²) in [5, 5.41) is 13.5. The topological polar surface area (TPSA) is 55.7 Å². The van der Waals surface area contributed by atoms with Gasteiger partial charge in [0.2, 0.25) is 0 Å². The predicted octanol–water partition coefficient (Wildman–Crippen LogP) is 2.43. The van der Waals surface area contributed by atoms with Gasteiger partial charge >= 0.3 is 0 Å². The SMILES string of the molecule is O=C1Cc2c(ccc3ccccc23)-c2cnnnc21. The van der Waals surface area contributed by atoms with Gasteiger partial charge in [0, 0.05) is 12.0 Å². The lowest BCUT2D eigenvalue weighted by molar-refractivity contribution is 0.0986. The van der Waals surface area contributed by atoms with Crippen molar-refractivity contribution in [2.45, 2.75) is 6.42 Å². The lowest BCUT2D eigenvalue weighted by Gasteiger charge is -2.18. The molecule has 2 aromatic carbocycles. The summed E-state index contributed by atoms with van der Waals surface area (Å²) in [6, 6.07) is 12.2. The molecule has 0 spiro atoms. The molecule has 4 heteroatoms. The Bertz CT molecular complexity index is 826. The third-order valence-corrected chi connectivity index (χ3v) is 3.57. The van der Waals surface area contributed by atoms with E-state index in [1.807, 2.05) is 18.2 Å². The lowest BCUT2D eigenvalue weighted by atomic mass is 9.85. The first-order chi connectivity index (χ1) is 9.34. The van der Waals surface area contributed by atoms with E-state index >= 15 is 0 Å². The Morgan fingerprint density at radius 3 is 2.84 bits per heavy atom. The number of aromatic nitrogens is 3. The quantitative estimate of drug-likeness (QED) is 0.612. The Kier molecular flexibility index (Phi) is 2.00. The minimum Gasteiger partial charge on any atom is -0.292 e. The largest absolute Gasteiger partial charge is 0.292 e. The standard InChI is InChI=1S/C15H9N3O/c19-14-7-12-10-4-2-1-3-9(10)5-6-11(12)13-8-16-18-17-15(13)14/h1-6,8H,7H2. The molecule has 0 radical (unpaired) electrons. The number of carbonyl (C=O) groups excluding carboxylic acids is 1. The fourth-order valence-electron chi connectivity index (χ4n) is 2.70. The van der Waals surface area contributed by atoms with Gasteiger partial charge in [0.25, 0.3) is 0 Å². The van der Waals surface area contributed by atoms with Crippen LogP contribution in [0, 0.1) is 0 Å². The van der Waals surface area contributed by atoms with Crippen LogP contribution in [0.25, 0.3) is 21.9 Å². The van der Waals surface area contributed by atoms with Crippen molar-refractivity contribution in [1.82, 2.24) is 15.4 Å². The summed E-state index contributed by atoms with van der Waals surface area (Å²) in [6.45, 7) is 0. The number of carbonyl (C=O) groups is 1. The van der Waals surface area contributed by atoms with Crippen LogP contribution >= 0.6 is 0 Å². The minimum atomic E-state index is 0.00810. The van der Waals surface area contributed by atoms with Crippen molar-refractivity contribution in [1.29, 1.82) is 0 Å². The van der Waals surface area contributed by atoms with E-state index in [0.29, 0.717) is 12.1 Å². The molecule has 90 valence electrons. The molecule has 0 bridgehead atoms. The monoisotopic (exact) mass is 247 g/mol. The van der Waals surface area contributed by atoms with Crippen LogP contribution in [0.2, 0.25) is 0 Å². The zero-order valence-electron chi connectivity index (χ0n) is 10.00. The van der Waals surface area contributed by atoms with Crippen molar-refractivity contribution in [2.75, 3.05) is 0 Å². The van der Waals surface area contributed by atoms with E-state index in [-0.39, 0.29) is 5.78 Å². The maximum Gasteiger partial charge on any atom is 0.188 e. The smallest absolute Gasteiger partial charge is 0.188 e. The molecule has 4 nitrogen and oxygen atoms in total. The second-order valence-corrected chi connectivity index (χ2v) is 4.61. The van der Waals surface area contributed by atoms with Crippen LogP contribution in [-0.2, 0) is 6.42 Å². The van der Waals surface area contributed by atoms with Crippen molar-refractivity contribution in [3.63, 3.8) is 0 Å². The molecule has 0 amide bonds. The highest BCUT2D eigenvalue weighted by atomic mass is 16.1. The van der Waals surface area contributed by atoms with Crippen LogP contribution in [0.1, 0.15) is 16.1 Å². The average Bonchev–Trinajstić information content (AvgIpc) is 2.47.